The van der Waals surface area contributed by atoms with Gasteiger partial charge in [-0.25, -0.2) is 0 Å². The van der Waals surface area contributed by atoms with E-state index < -0.39 is 0 Å². The molecule has 1 fully saturated rings. The maximum Gasteiger partial charge on any atom is 0.495 e. The number of hydrogen-bond acceptors (Lipinski definition) is 5. The molecule has 1 heterocycles. The fraction of sp³-hybridized carbons (Fsp3) is 0.333. The molecule has 0 radical (unpaired) electrons. The molecule has 0 unspecified atom stereocenters. The SMILES string of the molecule is COc1ccc(N(c2ccc(OC)cc2)c2ccc(B3OC(C)(C)C(C)(C)O3)c(C)c2)cc1. The molecule has 172 valence electrons. The Kier molecular flexibility index (Phi) is 6.17. The smallest absolute Gasteiger partial charge is 0.495 e. The van der Waals surface area contributed by atoms with Crippen LogP contribution in [-0.4, -0.2) is 32.5 Å². The second-order valence-electron chi connectivity index (χ2n) is 9.36. The van der Waals surface area contributed by atoms with Gasteiger partial charge in [0.05, 0.1) is 25.4 Å². The molecule has 5 nitrogen and oxygen atoms in total. The van der Waals surface area contributed by atoms with E-state index in [1.54, 1.807) is 14.2 Å². The Morgan fingerprint density at radius 1 is 0.667 bits per heavy atom. The third-order valence-corrected chi connectivity index (χ3v) is 6.68. The van der Waals surface area contributed by atoms with Crippen LogP contribution in [0.1, 0.15) is 33.3 Å². The fourth-order valence-corrected chi connectivity index (χ4v) is 3.94. The van der Waals surface area contributed by atoms with Crippen LogP contribution >= 0.6 is 0 Å². The molecule has 0 saturated carbocycles. The van der Waals surface area contributed by atoms with Crippen LogP contribution in [0.3, 0.4) is 0 Å². The van der Waals surface area contributed by atoms with E-state index in [-0.39, 0.29) is 18.3 Å². The van der Waals surface area contributed by atoms with Gasteiger partial charge in [-0.15, -0.1) is 0 Å². The largest absolute Gasteiger partial charge is 0.497 e. The zero-order valence-electron chi connectivity index (χ0n) is 20.5. The molecule has 1 aliphatic heterocycles. The molecule has 6 heteroatoms. The second kappa shape index (κ2) is 8.77. The molecule has 0 atom stereocenters. The van der Waals surface area contributed by atoms with E-state index in [0.717, 1.165) is 39.6 Å². The molecule has 1 aliphatic rings. The van der Waals surface area contributed by atoms with E-state index in [1.165, 1.54) is 0 Å². The Hall–Kier alpha value is -2.96. The number of aryl methyl sites for hydroxylation is 1. The third kappa shape index (κ3) is 4.46. The lowest BCUT2D eigenvalue weighted by molar-refractivity contribution is 0.00578. The highest BCUT2D eigenvalue weighted by Crippen LogP contribution is 2.38. The first-order valence-electron chi connectivity index (χ1n) is 11.2. The molecule has 1 saturated heterocycles. The molecule has 0 N–H and O–H groups in total. The number of anilines is 3. The van der Waals surface area contributed by atoms with E-state index in [0.29, 0.717) is 0 Å². The van der Waals surface area contributed by atoms with Crippen molar-refractivity contribution in [1.82, 2.24) is 0 Å². The van der Waals surface area contributed by atoms with Crippen molar-refractivity contribution in [3.8, 4) is 11.5 Å². The van der Waals surface area contributed by atoms with E-state index in [2.05, 4.69) is 82.0 Å². The van der Waals surface area contributed by atoms with Gasteiger partial charge in [0.1, 0.15) is 11.5 Å². The molecular weight excluding hydrogens is 413 g/mol. The lowest BCUT2D eigenvalue weighted by Crippen LogP contribution is -2.41. The predicted molar refractivity (Wildman–Crippen MR) is 135 cm³/mol. The van der Waals surface area contributed by atoms with Gasteiger partial charge in [-0.3, -0.25) is 0 Å². The fourth-order valence-electron chi connectivity index (χ4n) is 3.94. The summed E-state index contributed by atoms with van der Waals surface area (Å²) < 4.78 is 23.3. The van der Waals surface area contributed by atoms with Crippen LogP contribution in [0.4, 0.5) is 17.1 Å². The van der Waals surface area contributed by atoms with Gasteiger partial charge in [0.2, 0.25) is 0 Å². The summed E-state index contributed by atoms with van der Waals surface area (Å²) in [5, 5.41) is 0. The van der Waals surface area contributed by atoms with Gasteiger partial charge < -0.3 is 23.7 Å². The Bertz CT molecular complexity index is 1050. The molecule has 0 aliphatic carbocycles. The van der Waals surface area contributed by atoms with Crippen LogP contribution < -0.4 is 19.8 Å². The highest BCUT2D eigenvalue weighted by atomic mass is 16.7. The van der Waals surface area contributed by atoms with Crippen molar-refractivity contribution in [3.05, 3.63) is 72.3 Å². The number of ether oxygens (including phenoxy) is 2. The molecular formula is C27H32BNO4. The minimum atomic E-state index is -0.389. The second-order valence-corrected chi connectivity index (χ2v) is 9.36. The first-order chi connectivity index (χ1) is 15.6. The van der Waals surface area contributed by atoms with Gasteiger partial charge in [-0.2, -0.15) is 0 Å². The average Bonchev–Trinajstić information content (AvgIpc) is 3.01. The van der Waals surface area contributed by atoms with Gasteiger partial charge in [0.25, 0.3) is 0 Å². The van der Waals surface area contributed by atoms with Crippen LogP contribution in [0.15, 0.2) is 66.7 Å². The van der Waals surface area contributed by atoms with Crippen LogP contribution in [0.25, 0.3) is 0 Å². The van der Waals surface area contributed by atoms with Gasteiger partial charge in [0, 0.05) is 17.1 Å². The van der Waals surface area contributed by atoms with Crippen molar-refractivity contribution in [2.75, 3.05) is 19.1 Å². The molecule has 3 aromatic carbocycles. The van der Waals surface area contributed by atoms with Gasteiger partial charge in [-0.05, 0) is 106 Å². The van der Waals surface area contributed by atoms with Crippen molar-refractivity contribution in [2.45, 2.75) is 45.8 Å². The number of benzene rings is 3. The van der Waals surface area contributed by atoms with E-state index in [4.69, 9.17) is 18.8 Å². The first kappa shape index (κ1) is 23.2. The van der Waals surface area contributed by atoms with E-state index in [1.807, 2.05) is 24.3 Å². The topological polar surface area (TPSA) is 40.2 Å². The Labute approximate surface area is 197 Å². The molecule has 3 aromatic rings. The Balaban J connectivity index is 1.73. The zero-order chi connectivity index (χ0) is 23.8. The number of methoxy groups -OCH3 is 2. The molecule has 0 bridgehead atoms. The molecule has 0 aromatic heterocycles. The third-order valence-electron chi connectivity index (χ3n) is 6.68. The van der Waals surface area contributed by atoms with Crippen LogP contribution in [-0.2, 0) is 9.31 Å². The zero-order valence-corrected chi connectivity index (χ0v) is 20.5. The van der Waals surface area contributed by atoms with E-state index in [9.17, 15) is 0 Å². The highest BCUT2D eigenvalue weighted by molar-refractivity contribution is 6.62. The Morgan fingerprint density at radius 2 is 1.09 bits per heavy atom. The van der Waals surface area contributed by atoms with E-state index >= 15 is 0 Å². The molecule has 4 rings (SSSR count). The minimum Gasteiger partial charge on any atom is -0.497 e. The summed E-state index contributed by atoms with van der Waals surface area (Å²) >= 11 is 0. The summed E-state index contributed by atoms with van der Waals surface area (Å²) in [4.78, 5) is 2.21. The minimum absolute atomic E-state index is 0.374. The number of nitrogens with zero attached hydrogens (tertiary/aromatic N) is 1. The van der Waals surface area contributed by atoms with Gasteiger partial charge >= 0.3 is 7.12 Å². The first-order valence-corrected chi connectivity index (χ1v) is 11.2. The molecule has 0 spiro atoms. The Morgan fingerprint density at radius 3 is 1.48 bits per heavy atom. The summed E-state index contributed by atoms with van der Waals surface area (Å²) in [5.41, 5.74) is 4.51. The van der Waals surface area contributed by atoms with Crippen molar-refractivity contribution in [2.24, 2.45) is 0 Å². The summed E-state index contributed by atoms with van der Waals surface area (Å²) in [6.45, 7) is 10.4. The maximum absolute atomic E-state index is 6.29. The quantitative estimate of drug-likeness (QED) is 0.450. The number of rotatable bonds is 6. The van der Waals surface area contributed by atoms with Gasteiger partial charge in [0.15, 0.2) is 0 Å². The normalized spacial score (nSPS) is 16.5. The lowest BCUT2D eigenvalue weighted by atomic mass is 9.76. The van der Waals surface area contributed by atoms with Crippen LogP contribution in [0.2, 0.25) is 0 Å². The van der Waals surface area contributed by atoms with Crippen LogP contribution in [0, 0.1) is 6.92 Å². The van der Waals surface area contributed by atoms with Crippen molar-refractivity contribution < 1.29 is 18.8 Å². The highest BCUT2D eigenvalue weighted by Gasteiger charge is 2.52. The van der Waals surface area contributed by atoms with Crippen LogP contribution in [0.5, 0.6) is 11.5 Å². The van der Waals surface area contributed by atoms with Crippen molar-refractivity contribution >= 4 is 29.6 Å². The maximum atomic E-state index is 6.29. The molecule has 33 heavy (non-hydrogen) atoms. The van der Waals surface area contributed by atoms with Gasteiger partial charge in [-0.1, -0.05) is 6.07 Å². The molecule has 0 amide bonds. The lowest BCUT2D eigenvalue weighted by Gasteiger charge is -2.32. The predicted octanol–water partition coefficient (Wildman–Crippen LogP) is 5.78. The number of hydrogen-bond donors (Lipinski definition) is 0. The summed E-state index contributed by atoms with van der Waals surface area (Å²) in [5.74, 6) is 1.64. The summed E-state index contributed by atoms with van der Waals surface area (Å²) in [6, 6.07) is 22.5. The summed E-state index contributed by atoms with van der Waals surface area (Å²) in [6.07, 6.45) is 0. The average molecular weight is 445 g/mol. The van der Waals surface area contributed by atoms with Crippen molar-refractivity contribution in [1.29, 1.82) is 0 Å². The monoisotopic (exact) mass is 445 g/mol. The summed E-state index contributed by atoms with van der Waals surface area (Å²) in [7, 11) is 2.96. The standard InChI is InChI=1S/C27H32BNO4/c1-19-18-22(12-17-25(19)28-32-26(2,3)27(4,5)33-28)29(20-8-13-23(30-6)14-9-20)21-10-15-24(31-7)16-11-21/h8-18H,1-7H3. The van der Waals surface area contributed by atoms with Crippen molar-refractivity contribution in [3.63, 3.8) is 0 Å².